The Labute approximate surface area is 166 Å². The molecule has 154 valence electrons. The van der Waals surface area contributed by atoms with Crippen molar-refractivity contribution < 1.29 is 9.84 Å². The molecule has 3 heteroatoms. The average Bonchev–Trinajstić information content (AvgIpc) is 2.99. The molecule has 8 atom stereocenters. The maximum atomic E-state index is 11.0. The van der Waals surface area contributed by atoms with Gasteiger partial charge < -0.3 is 15.3 Å². The van der Waals surface area contributed by atoms with Gasteiger partial charge in [0.25, 0.3) is 0 Å². The smallest absolute Gasteiger partial charge is 0.0883 e. The topological polar surface area (TPSA) is 53.3 Å². The molecule has 27 heavy (non-hydrogen) atoms. The third-order valence-corrected chi connectivity index (χ3v) is 10.0. The van der Waals surface area contributed by atoms with Crippen LogP contribution in [0.4, 0.5) is 0 Å². The van der Waals surface area contributed by atoms with Crippen molar-refractivity contribution in [3.8, 4) is 0 Å². The van der Waals surface area contributed by atoms with Crippen LogP contribution in [-0.4, -0.2) is 30.1 Å². The van der Waals surface area contributed by atoms with Crippen molar-refractivity contribution in [1.29, 1.82) is 5.41 Å². The molecule has 3 nitrogen and oxygen atoms in total. The fourth-order valence-electron chi connectivity index (χ4n) is 8.54. The zero-order valence-corrected chi connectivity index (χ0v) is 18.0. The van der Waals surface area contributed by atoms with Gasteiger partial charge in [-0.05, 0) is 98.7 Å². The third kappa shape index (κ3) is 2.94. The molecule has 2 N–H and O–H groups in total. The van der Waals surface area contributed by atoms with E-state index in [0.717, 1.165) is 49.1 Å². The lowest BCUT2D eigenvalue weighted by Crippen LogP contribution is -2.56. The summed E-state index contributed by atoms with van der Waals surface area (Å²) >= 11 is 0. The fraction of sp³-hybridized carbons (Fsp3) is 0.958. The molecule has 0 amide bonds. The SMILES string of the molecule is CCC(=N)C1CCC2C3CCC4C[C@@](O)(COC)CCC4(C)C3CCC12C. The molecular formula is C24H41NO2. The molecule has 7 unspecified atom stereocenters. The zero-order valence-electron chi connectivity index (χ0n) is 18.0. The van der Waals surface area contributed by atoms with Crippen molar-refractivity contribution in [3.63, 3.8) is 0 Å². The average molecular weight is 376 g/mol. The second-order valence-corrected chi connectivity index (χ2v) is 11.1. The van der Waals surface area contributed by atoms with Crippen molar-refractivity contribution in [2.45, 2.75) is 90.6 Å². The number of aliphatic hydroxyl groups is 1. The summed E-state index contributed by atoms with van der Waals surface area (Å²) in [5, 5.41) is 19.5. The molecule has 4 fully saturated rings. The standard InChI is InChI=1S/C24H41NO2/c1-5-21(25)20-9-8-18-17-7-6-16-14-24(26,15-27-4)13-12-22(16,2)19(17)10-11-23(18,20)3/h16-20,25-26H,5-15H2,1-4H3/t16?,17?,18?,19?,20?,22?,23?,24-/m1/s1. The summed E-state index contributed by atoms with van der Waals surface area (Å²) in [4.78, 5) is 0. The van der Waals surface area contributed by atoms with Crippen molar-refractivity contribution in [1.82, 2.24) is 0 Å². The Morgan fingerprint density at radius 1 is 1.00 bits per heavy atom. The first-order valence-electron chi connectivity index (χ1n) is 11.6. The first-order chi connectivity index (χ1) is 12.8. The van der Waals surface area contributed by atoms with Gasteiger partial charge in [0.2, 0.25) is 0 Å². The van der Waals surface area contributed by atoms with Crippen LogP contribution < -0.4 is 0 Å². The van der Waals surface area contributed by atoms with Gasteiger partial charge >= 0.3 is 0 Å². The van der Waals surface area contributed by atoms with Gasteiger partial charge in [0.15, 0.2) is 0 Å². The van der Waals surface area contributed by atoms with Gasteiger partial charge in [0.1, 0.15) is 0 Å². The highest BCUT2D eigenvalue weighted by Crippen LogP contribution is 2.68. The highest BCUT2D eigenvalue weighted by atomic mass is 16.5. The van der Waals surface area contributed by atoms with E-state index in [1.54, 1.807) is 7.11 Å². The van der Waals surface area contributed by atoms with E-state index in [1.807, 2.05) is 0 Å². The Hall–Kier alpha value is -0.410. The maximum Gasteiger partial charge on any atom is 0.0883 e. The van der Waals surface area contributed by atoms with Crippen LogP contribution >= 0.6 is 0 Å². The van der Waals surface area contributed by atoms with Crippen molar-refractivity contribution in [3.05, 3.63) is 0 Å². The molecule has 0 aromatic carbocycles. The van der Waals surface area contributed by atoms with Crippen LogP contribution in [0.25, 0.3) is 0 Å². The number of rotatable bonds is 4. The number of methoxy groups -OCH3 is 1. The minimum absolute atomic E-state index is 0.378. The molecule has 0 aromatic heterocycles. The predicted octanol–water partition coefficient (Wildman–Crippen LogP) is 5.45. The van der Waals surface area contributed by atoms with Crippen LogP contribution in [-0.2, 0) is 4.74 Å². The number of hydrogen-bond donors (Lipinski definition) is 2. The van der Waals surface area contributed by atoms with Gasteiger partial charge in [0, 0.05) is 18.7 Å². The van der Waals surface area contributed by atoms with Crippen LogP contribution in [0.3, 0.4) is 0 Å². The Morgan fingerprint density at radius 2 is 1.74 bits per heavy atom. The summed E-state index contributed by atoms with van der Waals surface area (Å²) in [6.07, 6.45) is 11.8. The molecule has 0 spiro atoms. The number of nitrogens with one attached hydrogen (secondary N) is 1. The summed E-state index contributed by atoms with van der Waals surface area (Å²) in [6, 6.07) is 0. The Bertz CT molecular complexity index is 591. The molecule has 0 heterocycles. The number of ether oxygens (including phenoxy) is 1. The summed E-state index contributed by atoms with van der Waals surface area (Å²) in [7, 11) is 1.72. The highest BCUT2D eigenvalue weighted by Gasteiger charge is 2.61. The third-order valence-electron chi connectivity index (χ3n) is 10.0. The minimum atomic E-state index is -0.594. The largest absolute Gasteiger partial charge is 0.387 e. The van der Waals surface area contributed by atoms with Crippen LogP contribution in [0.1, 0.15) is 85.0 Å². The highest BCUT2D eigenvalue weighted by molar-refractivity contribution is 5.84. The molecule has 0 aromatic rings. The molecule has 4 aliphatic rings. The molecule has 0 aliphatic heterocycles. The summed E-state index contributed by atoms with van der Waals surface area (Å²) in [5.41, 5.74) is 1.20. The van der Waals surface area contributed by atoms with E-state index >= 15 is 0 Å². The second kappa shape index (κ2) is 6.83. The quantitative estimate of drug-likeness (QED) is 0.642. The van der Waals surface area contributed by atoms with Crippen LogP contribution in [0.2, 0.25) is 0 Å². The first-order valence-corrected chi connectivity index (χ1v) is 11.6. The molecule has 4 aliphatic carbocycles. The number of hydrogen-bond acceptors (Lipinski definition) is 3. The molecule has 0 saturated heterocycles. The van der Waals surface area contributed by atoms with E-state index in [0.29, 0.717) is 29.3 Å². The monoisotopic (exact) mass is 375 g/mol. The predicted molar refractivity (Wildman–Crippen MR) is 110 cm³/mol. The minimum Gasteiger partial charge on any atom is -0.387 e. The lowest BCUT2D eigenvalue weighted by Gasteiger charge is -2.62. The second-order valence-electron chi connectivity index (χ2n) is 11.1. The van der Waals surface area contributed by atoms with Crippen LogP contribution in [0, 0.1) is 45.8 Å². The van der Waals surface area contributed by atoms with Gasteiger partial charge in [-0.1, -0.05) is 20.8 Å². The van der Waals surface area contributed by atoms with Gasteiger partial charge in [-0.3, -0.25) is 0 Å². The van der Waals surface area contributed by atoms with E-state index < -0.39 is 5.60 Å². The molecule has 0 radical (unpaired) electrons. The lowest BCUT2D eigenvalue weighted by molar-refractivity contribution is -0.161. The summed E-state index contributed by atoms with van der Waals surface area (Å²) in [6.45, 7) is 7.75. The van der Waals surface area contributed by atoms with E-state index in [2.05, 4.69) is 20.8 Å². The van der Waals surface area contributed by atoms with E-state index in [1.165, 1.54) is 38.5 Å². The Morgan fingerprint density at radius 3 is 2.44 bits per heavy atom. The molecule has 4 saturated carbocycles. The normalized spacial score (nSPS) is 52.0. The van der Waals surface area contributed by atoms with Crippen LogP contribution in [0.5, 0.6) is 0 Å². The molecular weight excluding hydrogens is 334 g/mol. The summed E-state index contributed by atoms with van der Waals surface area (Å²) < 4.78 is 5.35. The zero-order chi connectivity index (χ0) is 19.4. The van der Waals surface area contributed by atoms with E-state index in [4.69, 9.17) is 10.1 Å². The van der Waals surface area contributed by atoms with Crippen molar-refractivity contribution >= 4 is 5.71 Å². The fourth-order valence-corrected chi connectivity index (χ4v) is 8.54. The maximum absolute atomic E-state index is 11.0. The lowest BCUT2D eigenvalue weighted by atomic mass is 9.44. The van der Waals surface area contributed by atoms with Gasteiger partial charge in [-0.25, -0.2) is 0 Å². The van der Waals surface area contributed by atoms with Crippen molar-refractivity contribution in [2.24, 2.45) is 40.4 Å². The summed E-state index contributed by atoms with van der Waals surface area (Å²) in [5.74, 6) is 3.70. The van der Waals surface area contributed by atoms with Gasteiger partial charge in [0.05, 0.1) is 12.2 Å². The van der Waals surface area contributed by atoms with Crippen molar-refractivity contribution in [2.75, 3.05) is 13.7 Å². The molecule has 4 rings (SSSR count). The molecule has 0 bridgehead atoms. The van der Waals surface area contributed by atoms with E-state index in [9.17, 15) is 5.11 Å². The Kier molecular flexibility index (Phi) is 5.03. The Balaban J connectivity index is 1.55. The van der Waals surface area contributed by atoms with E-state index in [-0.39, 0.29) is 0 Å². The van der Waals surface area contributed by atoms with Gasteiger partial charge in [-0.2, -0.15) is 0 Å². The van der Waals surface area contributed by atoms with Crippen LogP contribution in [0.15, 0.2) is 0 Å². The van der Waals surface area contributed by atoms with Gasteiger partial charge in [-0.15, -0.1) is 0 Å². The number of fused-ring (bicyclic) bond motifs is 5. The first kappa shape index (κ1) is 19.9.